The third kappa shape index (κ3) is 3.04. The number of hydrogen-bond donors (Lipinski definition) is 2. The van der Waals surface area contributed by atoms with Crippen molar-refractivity contribution >= 4 is 5.91 Å². The summed E-state index contributed by atoms with van der Waals surface area (Å²) in [5, 5.41) is 3.19. The number of nitrogens with two attached hydrogens (primary N) is 1. The van der Waals surface area contributed by atoms with Crippen LogP contribution >= 0.6 is 0 Å². The van der Waals surface area contributed by atoms with E-state index >= 15 is 0 Å². The fourth-order valence-corrected chi connectivity index (χ4v) is 3.50. The summed E-state index contributed by atoms with van der Waals surface area (Å²) in [5.74, 6) is 0.710. The minimum absolute atomic E-state index is 0.127. The summed E-state index contributed by atoms with van der Waals surface area (Å²) in [4.78, 5) is 12.4. The molecule has 1 amide bonds. The lowest BCUT2D eigenvalue weighted by atomic mass is 9.78. The summed E-state index contributed by atoms with van der Waals surface area (Å²) >= 11 is 0. The molecule has 2 rings (SSSR count). The molecule has 2 fully saturated rings. The van der Waals surface area contributed by atoms with Gasteiger partial charge in [0.1, 0.15) is 0 Å². The van der Waals surface area contributed by atoms with Crippen LogP contribution in [-0.4, -0.2) is 31.7 Å². The Hall–Kier alpha value is -0.610. The highest BCUT2D eigenvalue weighted by atomic mass is 16.5. The summed E-state index contributed by atoms with van der Waals surface area (Å²) < 4.78 is 5.43. The molecule has 4 nitrogen and oxygen atoms in total. The quantitative estimate of drug-likeness (QED) is 0.798. The summed E-state index contributed by atoms with van der Waals surface area (Å²) in [5.41, 5.74) is 5.79. The topological polar surface area (TPSA) is 64.3 Å². The smallest absolute Gasteiger partial charge is 0.223 e. The second kappa shape index (κ2) is 6.53. The molecule has 3 N–H and O–H groups in total. The minimum Gasteiger partial charge on any atom is -0.379 e. The molecule has 0 aromatic heterocycles. The Kier molecular flexibility index (Phi) is 5.01. The highest BCUT2D eigenvalue weighted by Gasteiger charge is 2.34. The van der Waals surface area contributed by atoms with Crippen molar-refractivity contribution in [1.29, 1.82) is 0 Å². The van der Waals surface area contributed by atoms with E-state index in [1.54, 1.807) is 7.11 Å². The van der Waals surface area contributed by atoms with E-state index in [4.69, 9.17) is 10.5 Å². The van der Waals surface area contributed by atoms with Crippen molar-refractivity contribution in [3.05, 3.63) is 0 Å². The first-order valence-electron chi connectivity index (χ1n) is 7.29. The van der Waals surface area contributed by atoms with Crippen molar-refractivity contribution in [2.24, 2.45) is 17.6 Å². The molecule has 0 saturated heterocycles. The van der Waals surface area contributed by atoms with Gasteiger partial charge in [0, 0.05) is 13.0 Å². The molecule has 0 aliphatic heterocycles. The number of carbonyl (C=O) groups is 1. The zero-order valence-electron chi connectivity index (χ0n) is 11.4. The number of nitrogens with one attached hydrogen (secondary N) is 1. The maximum absolute atomic E-state index is 12.4. The van der Waals surface area contributed by atoms with E-state index in [2.05, 4.69) is 5.32 Å². The third-order valence-electron chi connectivity index (χ3n) is 4.63. The standard InChI is InChI=1S/C14H26N2O2/c1-18-13-8-4-7-12(13)16-14(17)11-6-3-2-5-10(11)9-15/h10-13H,2-9,15H2,1H3,(H,16,17). The van der Waals surface area contributed by atoms with E-state index in [-0.39, 0.29) is 24.0 Å². The van der Waals surface area contributed by atoms with Crippen molar-refractivity contribution < 1.29 is 9.53 Å². The largest absolute Gasteiger partial charge is 0.379 e. The first-order chi connectivity index (χ1) is 8.76. The molecule has 0 aromatic rings. The van der Waals surface area contributed by atoms with E-state index in [0.717, 1.165) is 38.5 Å². The summed E-state index contributed by atoms with van der Waals surface area (Å²) in [7, 11) is 1.73. The van der Waals surface area contributed by atoms with E-state index < -0.39 is 0 Å². The predicted octanol–water partition coefficient (Wildman–Crippen LogP) is 1.44. The first kappa shape index (κ1) is 13.8. The van der Waals surface area contributed by atoms with Crippen LogP contribution in [0, 0.1) is 11.8 Å². The van der Waals surface area contributed by atoms with Gasteiger partial charge in [0.2, 0.25) is 5.91 Å². The molecule has 2 aliphatic rings. The first-order valence-corrected chi connectivity index (χ1v) is 7.29. The van der Waals surface area contributed by atoms with Gasteiger partial charge in [0.05, 0.1) is 12.1 Å². The summed E-state index contributed by atoms with van der Waals surface area (Å²) in [6.45, 7) is 0.635. The molecule has 0 radical (unpaired) electrons. The van der Waals surface area contributed by atoms with Gasteiger partial charge in [-0.1, -0.05) is 12.8 Å². The van der Waals surface area contributed by atoms with Crippen molar-refractivity contribution in [2.75, 3.05) is 13.7 Å². The average molecular weight is 254 g/mol. The monoisotopic (exact) mass is 254 g/mol. The zero-order valence-corrected chi connectivity index (χ0v) is 11.4. The van der Waals surface area contributed by atoms with Crippen LogP contribution in [0.3, 0.4) is 0 Å². The number of rotatable bonds is 4. The van der Waals surface area contributed by atoms with Gasteiger partial charge in [0.15, 0.2) is 0 Å². The number of carbonyl (C=O) groups excluding carboxylic acids is 1. The van der Waals surface area contributed by atoms with Crippen LogP contribution < -0.4 is 11.1 Å². The van der Waals surface area contributed by atoms with Gasteiger partial charge >= 0.3 is 0 Å². The van der Waals surface area contributed by atoms with Crippen LogP contribution in [0.4, 0.5) is 0 Å². The van der Waals surface area contributed by atoms with Crippen molar-refractivity contribution in [3.63, 3.8) is 0 Å². The molecule has 0 bridgehead atoms. The fraction of sp³-hybridized carbons (Fsp3) is 0.929. The average Bonchev–Trinajstić information content (AvgIpc) is 2.85. The van der Waals surface area contributed by atoms with Gasteiger partial charge in [-0.25, -0.2) is 0 Å². The Morgan fingerprint density at radius 2 is 2.00 bits per heavy atom. The van der Waals surface area contributed by atoms with Crippen LogP contribution in [0.15, 0.2) is 0 Å². The minimum atomic E-state index is 0.127. The Morgan fingerprint density at radius 1 is 1.22 bits per heavy atom. The summed E-state index contributed by atoms with van der Waals surface area (Å²) in [6, 6.07) is 0.211. The lowest BCUT2D eigenvalue weighted by Crippen LogP contribution is -2.46. The number of amides is 1. The van der Waals surface area contributed by atoms with Gasteiger partial charge in [-0.05, 0) is 44.6 Å². The molecule has 104 valence electrons. The molecule has 0 aromatic carbocycles. The Bertz CT molecular complexity index is 283. The van der Waals surface area contributed by atoms with Crippen LogP contribution in [0.5, 0.6) is 0 Å². The molecule has 18 heavy (non-hydrogen) atoms. The second-order valence-electron chi connectivity index (χ2n) is 5.71. The molecular weight excluding hydrogens is 228 g/mol. The van der Waals surface area contributed by atoms with Crippen LogP contribution in [0.1, 0.15) is 44.9 Å². The third-order valence-corrected chi connectivity index (χ3v) is 4.63. The molecule has 4 unspecified atom stereocenters. The Labute approximate surface area is 110 Å². The predicted molar refractivity (Wildman–Crippen MR) is 71.1 cm³/mol. The van der Waals surface area contributed by atoms with Gasteiger partial charge in [-0.15, -0.1) is 0 Å². The van der Waals surface area contributed by atoms with E-state index in [1.807, 2.05) is 0 Å². The molecule has 4 atom stereocenters. The fourth-order valence-electron chi connectivity index (χ4n) is 3.50. The number of ether oxygens (including phenoxy) is 1. The van der Waals surface area contributed by atoms with Crippen molar-refractivity contribution in [1.82, 2.24) is 5.32 Å². The van der Waals surface area contributed by atoms with Gasteiger partial charge in [-0.2, -0.15) is 0 Å². The molecule has 2 saturated carbocycles. The number of hydrogen-bond acceptors (Lipinski definition) is 3. The molecule has 4 heteroatoms. The zero-order chi connectivity index (χ0) is 13.0. The molecule has 2 aliphatic carbocycles. The molecular formula is C14H26N2O2. The molecule has 0 spiro atoms. The lowest BCUT2D eigenvalue weighted by Gasteiger charge is -2.31. The lowest BCUT2D eigenvalue weighted by molar-refractivity contribution is -0.129. The molecule has 0 heterocycles. The highest BCUT2D eigenvalue weighted by Crippen LogP contribution is 2.30. The SMILES string of the molecule is COC1CCCC1NC(=O)C1CCCCC1CN. The van der Waals surface area contributed by atoms with E-state index in [0.29, 0.717) is 12.5 Å². The highest BCUT2D eigenvalue weighted by molar-refractivity contribution is 5.79. The number of methoxy groups -OCH3 is 1. The van der Waals surface area contributed by atoms with Crippen LogP contribution in [0.25, 0.3) is 0 Å². The maximum atomic E-state index is 12.4. The van der Waals surface area contributed by atoms with Gasteiger partial charge in [0.25, 0.3) is 0 Å². The Balaban J connectivity index is 1.89. The van der Waals surface area contributed by atoms with Crippen molar-refractivity contribution in [2.45, 2.75) is 57.1 Å². The second-order valence-corrected chi connectivity index (χ2v) is 5.71. The van der Waals surface area contributed by atoms with Crippen molar-refractivity contribution in [3.8, 4) is 0 Å². The van der Waals surface area contributed by atoms with Gasteiger partial charge < -0.3 is 15.8 Å². The van der Waals surface area contributed by atoms with Crippen LogP contribution in [0.2, 0.25) is 0 Å². The van der Waals surface area contributed by atoms with Crippen LogP contribution in [-0.2, 0) is 9.53 Å². The maximum Gasteiger partial charge on any atom is 0.223 e. The normalized spacial score (nSPS) is 36.6. The van der Waals surface area contributed by atoms with Gasteiger partial charge in [-0.3, -0.25) is 4.79 Å². The van der Waals surface area contributed by atoms with E-state index in [9.17, 15) is 4.79 Å². The summed E-state index contributed by atoms with van der Waals surface area (Å²) in [6.07, 6.45) is 7.94. The van der Waals surface area contributed by atoms with E-state index in [1.165, 1.54) is 6.42 Å². The Morgan fingerprint density at radius 3 is 2.72 bits per heavy atom.